The molecule has 2 saturated carbocycles. The minimum absolute atomic E-state index is 0.0397. The van der Waals surface area contributed by atoms with Crippen LogP contribution in [0.5, 0.6) is 0 Å². The molecule has 5 rings (SSSR count). The highest BCUT2D eigenvalue weighted by Crippen LogP contribution is 2.83. The molecule has 1 spiro atoms. The number of fused-ring (bicyclic) bond motifs is 1. The summed E-state index contributed by atoms with van der Waals surface area (Å²) in [7, 11) is 0. The molecule has 3 aliphatic heterocycles. The van der Waals surface area contributed by atoms with Crippen molar-refractivity contribution in [2.75, 3.05) is 0 Å². The van der Waals surface area contributed by atoms with Crippen LogP contribution >= 0.6 is 0 Å². The van der Waals surface area contributed by atoms with Crippen LogP contribution in [0.1, 0.15) is 40.5 Å². The van der Waals surface area contributed by atoms with E-state index >= 15 is 0 Å². The van der Waals surface area contributed by atoms with Crippen molar-refractivity contribution in [1.29, 1.82) is 0 Å². The van der Waals surface area contributed by atoms with Crippen molar-refractivity contribution in [2.45, 2.75) is 58.7 Å². The van der Waals surface area contributed by atoms with Gasteiger partial charge in [0.15, 0.2) is 0 Å². The first-order chi connectivity index (χ1) is 10.6. The number of rotatable bonds is 0. The molecule has 0 radical (unpaired) electrons. The average molecular weight is 322 g/mol. The van der Waals surface area contributed by atoms with Crippen molar-refractivity contribution >= 4 is 11.9 Å². The highest BCUT2D eigenvalue weighted by molar-refractivity contribution is 5.89. The van der Waals surface area contributed by atoms with Crippen LogP contribution in [0, 0.1) is 34.0 Å². The second-order valence-electron chi connectivity index (χ2n) is 8.77. The van der Waals surface area contributed by atoms with E-state index in [1.165, 1.54) is 0 Å². The molecular formula is C17H22O6. The number of ether oxygens (including phenoxy) is 3. The van der Waals surface area contributed by atoms with Gasteiger partial charge in [0.1, 0.15) is 6.10 Å². The highest BCUT2D eigenvalue weighted by Gasteiger charge is 2.93. The Morgan fingerprint density at radius 1 is 1.13 bits per heavy atom. The highest BCUT2D eigenvalue weighted by atomic mass is 16.8. The number of hydrogen-bond acceptors (Lipinski definition) is 6. The number of esters is 2. The molecule has 5 aliphatic rings. The van der Waals surface area contributed by atoms with Gasteiger partial charge in [-0.1, -0.05) is 27.7 Å². The monoisotopic (exact) mass is 322 g/mol. The third-order valence-electron chi connectivity index (χ3n) is 8.27. The van der Waals surface area contributed by atoms with Gasteiger partial charge in [-0.3, -0.25) is 14.3 Å². The molecule has 8 atom stereocenters. The Kier molecular flexibility index (Phi) is 2.13. The Morgan fingerprint density at radius 3 is 2.52 bits per heavy atom. The Bertz CT molecular complexity index is 657. The zero-order valence-electron chi connectivity index (χ0n) is 13.8. The fourth-order valence-corrected chi connectivity index (χ4v) is 6.76. The molecule has 0 aromatic heterocycles. The van der Waals surface area contributed by atoms with Gasteiger partial charge in [-0.15, -0.1) is 0 Å². The van der Waals surface area contributed by atoms with E-state index in [1.807, 2.05) is 13.8 Å². The second-order valence-corrected chi connectivity index (χ2v) is 8.77. The van der Waals surface area contributed by atoms with E-state index < -0.39 is 52.2 Å². The maximum Gasteiger partial charge on any atom is 0.313 e. The number of carbonyl (C=O) groups is 2. The summed E-state index contributed by atoms with van der Waals surface area (Å²) < 4.78 is 17.4. The lowest BCUT2D eigenvalue weighted by Gasteiger charge is -2.63. The zero-order valence-corrected chi connectivity index (χ0v) is 13.8. The van der Waals surface area contributed by atoms with Crippen molar-refractivity contribution in [3.63, 3.8) is 0 Å². The molecule has 0 aromatic carbocycles. The molecule has 2 bridgehead atoms. The van der Waals surface area contributed by atoms with Gasteiger partial charge < -0.3 is 14.6 Å². The molecule has 5 fully saturated rings. The van der Waals surface area contributed by atoms with E-state index in [9.17, 15) is 14.7 Å². The molecule has 2 aliphatic carbocycles. The number of aliphatic hydroxyl groups excluding tert-OH is 1. The van der Waals surface area contributed by atoms with Crippen LogP contribution in [-0.4, -0.2) is 35.2 Å². The summed E-state index contributed by atoms with van der Waals surface area (Å²) in [6.07, 6.45) is -0.195. The maximum atomic E-state index is 12.8. The normalized spacial score (nSPS) is 61.2. The van der Waals surface area contributed by atoms with Crippen molar-refractivity contribution in [1.82, 2.24) is 0 Å². The second kappa shape index (κ2) is 3.45. The number of aliphatic hydroxyl groups is 1. The molecular weight excluding hydrogens is 300 g/mol. The Hall–Kier alpha value is -1.14. The van der Waals surface area contributed by atoms with Gasteiger partial charge in [-0.25, -0.2) is 0 Å². The van der Waals surface area contributed by atoms with Gasteiger partial charge in [-0.2, -0.15) is 0 Å². The lowest BCUT2D eigenvalue weighted by Crippen LogP contribution is -2.72. The largest absolute Gasteiger partial charge is 0.435 e. The van der Waals surface area contributed by atoms with E-state index in [4.69, 9.17) is 14.2 Å². The smallest absolute Gasteiger partial charge is 0.313 e. The third-order valence-corrected chi connectivity index (χ3v) is 8.27. The van der Waals surface area contributed by atoms with Gasteiger partial charge in [0.2, 0.25) is 12.1 Å². The number of carbonyl (C=O) groups excluding carboxylic acids is 2. The fraction of sp³-hybridized carbons (Fsp3) is 0.882. The maximum absolute atomic E-state index is 12.8. The van der Waals surface area contributed by atoms with Gasteiger partial charge in [0, 0.05) is 0 Å². The molecule has 126 valence electrons. The Balaban J connectivity index is 1.86. The summed E-state index contributed by atoms with van der Waals surface area (Å²) in [6.45, 7) is 8.09. The predicted octanol–water partition coefficient (Wildman–Crippen LogP) is 1.21. The van der Waals surface area contributed by atoms with Gasteiger partial charge >= 0.3 is 11.9 Å². The van der Waals surface area contributed by atoms with Crippen LogP contribution in [0.15, 0.2) is 0 Å². The minimum atomic E-state index is -1.39. The lowest BCUT2D eigenvalue weighted by atomic mass is 9.48. The van der Waals surface area contributed by atoms with E-state index in [0.29, 0.717) is 6.42 Å². The zero-order chi connectivity index (χ0) is 16.6. The van der Waals surface area contributed by atoms with Gasteiger partial charge in [-0.05, 0) is 24.2 Å². The molecule has 6 heteroatoms. The van der Waals surface area contributed by atoms with E-state index in [0.717, 1.165) is 6.42 Å². The minimum Gasteiger partial charge on any atom is -0.435 e. The quantitative estimate of drug-likeness (QED) is 0.675. The molecule has 1 N–H and O–H groups in total. The van der Waals surface area contributed by atoms with Gasteiger partial charge in [0.05, 0.1) is 22.7 Å². The van der Waals surface area contributed by atoms with Crippen LogP contribution < -0.4 is 0 Å². The standard InChI is InChI=1S/C17H22O6/c1-7-5-6-16-9-8-11(19)21-13(15(8,4)14(16,2)3)23-17(16,10(7)18)22-12(9)20/h7-10,13,18H,5-6H2,1-4H3/t7-,8-,9+,10+,13-,15-,16-,17+/m1/s1. The van der Waals surface area contributed by atoms with Crippen molar-refractivity contribution in [3.8, 4) is 0 Å². The molecule has 0 unspecified atom stereocenters. The van der Waals surface area contributed by atoms with Crippen molar-refractivity contribution in [2.24, 2.45) is 34.0 Å². The van der Waals surface area contributed by atoms with Crippen molar-refractivity contribution in [3.05, 3.63) is 0 Å². The first-order valence-corrected chi connectivity index (χ1v) is 8.44. The van der Waals surface area contributed by atoms with Crippen LogP contribution in [0.2, 0.25) is 0 Å². The van der Waals surface area contributed by atoms with E-state index in [2.05, 4.69) is 13.8 Å². The molecule has 6 nitrogen and oxygen atoms in total. The predicted molar refractivity (Wildman–Crippen MR) is 75.5 cm³/mol. The van der Waals surface area contributed by atoms with E-state index in [-0.39, 0.29) is 11.9 Å². The average Bonchev–Trinajstić information content (AvgIpc) is 2.91. The molecule has 3 saturated heterocycles. The summed E-state index contributed by atoms with van der Waals surface area (Å²) in [5.41, 5.74) is -1.70. The molecule has 23 heavy (non-hydrogen) atoms. The van der Waals surface area contributed by atoms with Gasteiger partial charge in [0.25, 0.3) is 0 Å². The third kappa shape index (κ3) is 1.01. The molecule has 3 heterocycles. The fourth-order valence-electron chi connectivity index (χ4n) is 6.76. The van der Waals surface area contributed by atoms with Crippen LogP contribution in [-0.2, 0) is 23.8 Å². The first kappa shape index (κ1) is 14.2. The SMILES string of the molecule is C[C@@H]1CC[C@]23[C@@H]4C(=O)O[C@]2(O[C@H]2OC(=O)[C@@H]4[C@@]2(C)C3(C)C)[C@H]1O. The van der Waals surface area contributed by atoms with Crippen LogP contribution in [0.25, 0.3) is 0 Å². The van der Waals surface area contributed by atoms with E-state index in [1.54, 1.807) is 0 Å². The summed E-state index contributed by atoms with van der Waals surface area (Å²) >= 11 is 0. The first-order valence-electron chi connectivity index (χ1n) is 8.44. The number of hydrogen-bond donors (Lipinski definition) is 1. The molecule has 0 amide bonds. The van der Waals surface area contributed by atoms with Crippen LogP contribution in [0.4, 0.5) is 0 Å². The Morgan fingerprint density at radius 2 is 1.83 bits per heavy atom. The Labute approximate surface area is 134 Å². The summed E-state index contributed by atoms with van der Waals surface area (Å²) in [6, 6.07) is 0. The van der Waals surface area contributed by atoms with Crippen LogP contribution in [0.3, 0.4) is 0 Å². The lowest BCUT2D eigenvalue weighted by molar-refractivity contribution is -0.424. The molecule has 0 aromatic rings. The summed E-state index contributed by atoms with van der Waals surface area (Å²) in [5, 5.41) is 11.0. The summed E-state index contributed by atoms with van der Waals surface area (Å²) in [4.78, 5) is 25.3. The summed E-state index contributed by atoms with van der Waals surface area (Å²) in [5.74, 6) is -3.37. The van der Waals surface area contributed by atoms with Crippen molar-refractivity contribution < 1.29 is 28.9 Å². The topological polar surface area (TPSA) is 82.1 Å².